The van der Waals surface area contributed by atoms with Gasteiger partial charge in [-0.2, -0.15) is 0 Å². The van der Waals surface area contributed by atoms with E-state index in [0.717, 1.165) is 22.2 Å². The molecule has 1 aromatic carbocycles. The van der Waals surface area contributed by atoms with Crippen LogP contribution in [0, 0.1) is 0 Å². The van der Waals surface area contributed by atoms with Crippen molar-refractivity contribution in [1.29, 1.82) is 0 Å². The second-order valence-corrected chi connectivity index (χ2v) is 3.94. The summed E-state index contributed by atoms with van der Waals surface area (Å²) in [5.41, 5.74) is 1.93. The number of pyridine rings is 1. The number of hydrogen-bond donors (Lipinski definition) is 0. The van der Waals surface area contributed by atoms with Crippen LogP contribution in [0.4, 0.5) is 0 Å². The molecule has 0 bridgehead atoms. The SMILES string of the molecule is Clc1cnc2cccc(-c3ccco3)c2c1. The molecule has 0 unspecified atom stereocenters. The normalized spacial score (nSPS) is 10.8. The summed E-state index contributed by atoms with van der Waals surface area (Å²) >= 11 is 5.96. The van der Waals surface area contributed by atoms with Crippen LogP contribution in [0.25, 0.3) is 22.2 Å². The fourth-order valence-electron chi connectivity index (χ4n) is 1.77. The predicted octanol–water partition coefficient (Wildman–Crippen LogP) is 4.15. The number of hydrogen-bond acceptors (Lipinski definition) is 2. The van der Waals surface area contributed by atoms with Crippen molar-refractivity contribution < 1.29 is 4.42 Å². The van der Waals surface area contributed by atoms with Gasteiger partial charge in [-0.1, -0.05) is 23.7 Å². The number of furan rings is 1. The summed E-state index contributed by atoms with van der Waals surface area (Å²) in [7, 11) is 0. The lowest BCUT2D eigenvalue weighted by molar-refractivity contribution is 0.583. The third kappa shape index (κ3) is 1.48. The van der Waals surface area contributed by atoms with Gasteiger partial charge < -0.3 is 4.42 Å². The van der Waals surface area contributed by atoms with E-state index in [1.165, 1.54) is 0 Å². The molecule has 3 rings (SSSR count). The molecule has 0 aliphatic carbocycles. The van der Waals surface area contributed by atoms with Gasteiger partial charge in [0.2, 0.25) is 0 Å². The lowest BCUT2D eigenvalue weighted by Crippen LogP contribution is -1.82. The molecule has 0 fully saturated rings. The van der Waals surface area contributed by atoms with Crippen LogP contribution < -0.4 is 0 Å². The first kappa shape index (κ1) is 9.43. The Bertz CT molecular complexity index is 631. The van der Waals surface area contributed by atoms with Gasteiger partial charge in [0.1, 0.15) is 5.76 Å². The minimum atomic E-state index is 0.631. The lowest BCUT2D eigenvalue weighted by Gasteiger charge is -2.03. The standard InChI is InChI=1S/C13H8ClNO/c14-9-7-11-10(13-5-2-6-16-13)3-1-4-12(11)15-8-9/h1-8H. The van der Waals surface area contributed by atoms with Crippen LogP contribution in [0.5, 0.6) is 0 Å². The van der Waals surface area contributed by atoms with Crippen LogP contribution in [-0.2, 0) is 0 Å². The Kier molecular flexibility index (Phi) is 2.15. The number of nitrogens with zero attached hydrogens (tertiary/aromatic N) is 1. The molecule has 3 aromatic rings. The second kappa shape index (κ2) is 3.65. The Balaban J connectivity index is 2.36. The van der Waals surface area contributed by atoms with Crippen LogP contribution in [0.3, 0.4) is 0 Å². The van der Waals surface area contributed by atoms with E-state index < -0.39 is 0 Å². The average Bonchev–Trinajstić information content (AvgIpc) is 2.81. The van der Waals surface area contributed by atoms with Gasteiger partial charge in [0.25, 0.3) is 0 Å². The number of rotatable bonds is 1. The van der Waals surface area contributed by atoms with Gasteiger partial charge in [-0.15, -0.1) is 0 Å². The quantitative estimate of drug-likeness (QED) is 0.627. The van der Waals surface area contributed by atoms with E-state index in [2.05, 4.69) is 4.98 Å². The fraction of sp³-hybridized carbons (Fsp3) is 0. The molecule has 0 saturated carbocycles. The molecule has 16 heavy (non-hydrogen) atoms. The van der Waals surface area contributed by atoms with E-state index in [4.69, 9.17) is 16.0 Å². The third-order valence-corrected chi connectivity index (χ3v) is 2.69. The van der Waals surface area contributed by atoms with Crippen molar-refractivity contribution >= 4 is 22.5 Å². The average molecular weight is 230 g/mol. The van der Waals surface area contributed by atoms with E-state index in [9.17, 15) is 0 Å². The van der Waals surface area contributed by atoms with Crippen molar-refractivity contribution in [3.8, 4) is 11.3 Å². The van der Waals surface area contributed by atoms with Crippen molar-refractivity contribution in [3.05, 3.63) is 53.9 Å². The van der Waals surface area contributed by atoms with E-state index in [1.807, 2.05) is 36.4 Å². The summed E-state index contributed by atoms with van der Waals surface area (Å²) in [6, 6.07) is 11.6. The highest BCUT2D eigenvalue weighted by Crippen LogP contribution is 2.29. The molecular formula is C13H8ClNO. The maximum Gasteiger partial charge on any atom is 0.134 e. The van der Waals surface area contributed by atoms with Gasteiger partial charge in [-0.3, -0.25) is 4.98 Å². The van der Waals surface area contributed by atoms with Crippen molar-refractivity contribution in [3.63, 3.8) is 0 Å². The number of benzene rings is 1. The molecule has 0 atom stereocenters. The lowest BCUT2D eigenvalue weighted by atomic mass is 10.1. The van der Waals surface area contributed by atoms with Crippen LogP contribution in [0.15, 0.2) is 53.3 Å². The van der Waals surface area contributed by atoms with E-state index >= 15 is 0 Å². The topological polar surface area (TPSA) is 26.0 Å². The maximum absolute atomic E-state index is 5.96. The molecule has 0 spiro atoms. The molecule has 2 aromatic heterocycles. The van der Waals surface area contributed by atoms with Crippen LogP contribution in [0.2, 0.25) is 5.02 Å². The van der Waals surface area contributed by atoms with Crippen LogP contribution in [-0.4, -0.2) is 4.98 Å². The summed E-state index contributed by atoms with van der Waals surface area (Å²) in [6.45, 7) is 0. The molecule has 0 amide bonds. The van der Waals surface area contributed by atoms with Gasteiger partial charge in [0, 0.05) is 17.1 Å². The Morgan fingerprint density at radius 2 is 2.06 bits per heavy atom. The molecule has 78 valence electrons. The first-order valence-corrected chi connectivity index (χ1v) is 5.30. The van der Waals surface area contributed by atoms with E-state index in [1.54, 1.807) is 12.5 Å². The molecule has 0 radical (unpaired) electrons. The van der Waals surface area contributed by atoms with Crippen molar-refractivity contribution in [2.45, 2.75) is 0 Å². The van der Waals surface area contributed by atoms with Gasteiger partial charge in [-0.05, 0) is 24.3 Å². The first-order valence-electron chi connectivity index (χ1n) is 4.93. The summed E-state index contributed by atoms with van der Waals surface area (Å²) in [4.78, 5) is 4.28. The smallest absolute Gasteiger partial charge is 0.134 e. The zero-order valence-electron chi connectivity index (χ0n) is 8.35. The van der Waals surface area contributed by atoms with E-state index in [0.29, 0.717) is 5.02 Å². The monoisotopic (exact) mass is 229 g/mol. The minimum absolute atomic E-state index is 0.631. The van der Waals surface area contributed by atoms with Crippen molar-refractivity contribution in [2.24, 2.45) is 0 Å². The molecule has 2 heterocycles. The zero-order valence-corrected chi connectivity index (χ0v) is 9.11. The van der Waals surface area contributed by atoms with Gasteiger partial charge in [-0.25, -0.2) is 0 Å². The maximum atomic E-state index is 5.96. The molecule has 3 heteroatoms. The van der Waals surface area contributed by atoms with Gasteiger partial charge in [0.15, 0.2) is 0 Å². The molecule has 0 saturated heterocycles. The highest BCUT2D eigenvalue weighted by molar-refractivity contribution is 6.31. The Morgan fingerprint density at radius 1 is 1.12 bits per heavy atom. The molecule has 2 nitrogen and oxygen atoms in total. The fourth-order valence-corrected chi connectivity index (χ4v) is 1.93. The highest BCUT2D eigenvalue weighted by atomic mass is 35.5. The highest BCUT2D eigenvalue weighted by Gasteiger charge is 2.06. The number of halogens is 1. The summed E-state index contributed by atoms with van der Waals surface area (Å²) in [6.07, 6.45) is 3.31. The van der Waals surface area contributed by atoms with Crippen LogP contribution >= 0.6 is 11.6 Å². The number of aromatic nitrogens is 1. The van der Waals surface area contributed by atoms with E-state index in [-0.39, 0.29) is 0 Å². The van der Waals surface area contributed by atoms with Crippen LogP contribution in [0.1, 0.15) is 0 Å². The van der Waals surface area contributed by atoms with Gasteiger partial charge >= 0.3 is 0 Å². The summed E-state index contributed by atoms with van der Waals surface area (Å²) in [5.74, 6) is 0.828. The molecule has 0 aliphatic rings. The Labute approximate surface area is 97.5 Å². The molecule has 0 aliphatic heterocycles. The Morgan fingerprint density at radius 3 is 2.88 bits per heavy atom. The minimum Gasteiger partial charge on any atom is -0.464 e. The predicted molar refractivity (Wildman–Crippen MR) is 64.5 cm³/mol. The second-order valence-electron chi connectivity index (χ2n) is 3.50. The first-order chi connectivity index (χ1) is 7.84. The van der Waals surface area contributed by atoms with Crippen molar-refractivity contribution in [1.82, 2.24) is 4.98 Å². The summed E-state index contributed by atoms with van der Waals surface area (Å²) < 4.78 is 5.40. The third-order valence-electron chi connectivity index (χ3n) is 2.48. The molecular weight excluding hydrogens is 222 g/mol. The largest absolute Gasteiger partial charge is 0.464 e. The molecule has 0 N–H and O–H groups in total. The van der Waals surface area contributed by atoms with Gasteiger partial charge in [0.05, 0.1) is 16.8 Å². The summed E-state index contributed by atoms with van der Waals surface area (Å²) in [5, 5.41) is 1.64. The van der Waals surface area contributed by atoms with Crippen molar-refractivity contribution in [2.75, 3.05) is 0 Å². The Hall–Kier alpha value is -1.80. The number of fused-ring (bicyclic) bond motifs is 1. The zero-order chi connectivity index (χ0) is 11.0.